The number of nitrogens with zero attached hydrogens (tertiary/aromatic N) is 5. The summed E-state index contributed by atoms with van der Waals surface area (Å²) in [5.74, 6) is 1.13. The highest BCUT2D eigenvalue weighted by atomic mass is 32.1. The van der Waals surface area contributed by atoms with Crippen LogP contribution >= 0.6 is 11.3 Å². The molecule has 0 saturated heterocycles. The van der Waals surface area contributed by atoms with Crippen LogP contribution in [0.4, 0.5) is 5.69 Å². The maximum atomic E-state index is 12.8. The molecular formula is C22H15N5O4S. The number of fused-ring (bicyclic) bond motifs is 1. The van der Waals surface area contributed by atoms with Crippen molar-refractivity contribution in [3.63, 3.8) is 0 Å². The molecule has 0 amide bonds. The summed E-state index contributed by atoms with van der Waals surface area (Å²) in [5, 5.41) is 15.2. The van der Waals surface area contributed by atoms with Gasteiger partial charge in [0.05, 0.1) is 4.92 Å². The molecule has 3 aromatic heterocycles. The Kier molecular flexibility index (Phi) is 4.96. The van der Waals surface area contributed by atoms with E-state index in [1.54, 1.807) is 18.2 Å². The van der Waals surface area contributed by atoms with Crippen molar-refractivity contribution in [2.75, 3.05) is 0 Å². The van der Waals surface area contributed by atoms with Crippen LogP contribution in [0.25, 0.3) is 16.7 Å². The molecule has 32 heavy (non-hydrogen) atoms. The normalized spacial score (nSPS) is 11.8. The minimum atomic E-state index is -0.441. The Morgan fingerprint density at radius 1 is 1.06 bits per heavy atom. The molecule has 0 atom stereocenters. The van der Waals surface area contributed by atoms with E-state index in [2.05, 4.69) is 10.1 Å². The van der Waals surface area contributed by atoms with E-state index in [1.165, 1.54) is 28.0 Å². The predicted octanol–water partition coefficient (Wildman–Crippen LogP) is 2.98. The second kappa shape index (κ2) is 8.08. The first kappa shape index (κ1) is 19.6. The van der Waals surface area contributed by atoms with Gasteiger partial charge in [-0.1, -0.05) is 29.5 Å². The molecular weight excluding hydrogens is 430 g/mol. The minimum absolute atomic E-state index is 0.0193. The Labute approximate surface area is 184 Å². The van der Waals surface area contributed by atoms with Crippen LogP contribution < -0.4 is 14.8 Å². The molecule has 10 heteroatoms. The van der Waals surface area contributed by atoms with E-state index < -0.39 is 4.92 Å². The van der Waals surface area contributed by atoms with Crippen LogP contribution in [0.3, 0.4) is 0 Å². The summed E-state index contributed by atoms with van der Waals surface area (Å²) in [6, 6.07) is 19.2. The van der Waals surface area contributed by atoms with E-state index >= 15 is 0 Å². The van der Waals surface area contributed by atoms with Gasteiger partial charge in [0.1, 0.15) is 16.9 Å². The summed E-state index contributed by atoms with van der Waals surface area (Å²) >= 11 is 1.24. The van der Waals surface area contributed by atoms with Gasteiger partial charge in [-0.25, -0.2) is 0 Å². The fourth-order valence-corrected chi connectivity index (χ4v) is 4.13. The fraction of sp³-hybridized carbons (Fsp3) is 0.0455. The Morgan fingerprint density at radius 2 is 1.84 bits per heavy atom. The number of hydrogen-bond donors (Lipinski definition) is 0. The van der Waals surface area contributed by atoms with Crippen molar-refractivity contribution >= 4 is 28.1 Å². The van der Waals surface area contributed by atoms with Crippen molar-refractivity contribution in [3.05, 3.63) is 109 Å². The molecule has 5 aromatic rings. The Bertz CT molecular complexity index is 1520. The second-order valence-corrected chi connectivity index (χ2v) is 7.83. The number of ether oxygens (including phenoxy) is 1. The lowest BCUT2D eigenvalue weighted by molar-refractivity contribution is -0.384. The first-order valence-corrected chi connectivity index (χ1v) is 10.4. The minimum Gasteiger partial charge on any atom is -0.486 e. The van der Waals surface area contributed by atoms with Crippen LogP contribution in [0.5, 0.6) is 5.75 Å². The summed E-state index contributed by atoms with van der Waals surface area (Å²) in [4.78, 5) is 28.1. The molecule has 9 nitrogen and oxygen atoms in total. The Balaban J connectivity index is 1.43. The average molecular weight is 445 g/mol. The van der Waals surface area contributed by atoms with Crippen molar-refractivity contribution in [1.29, 1.82) is 0 Å². The number of nitro benzene ring substituents is 1. The monoisotopic (exact) mass is 445 g/mol. The smallest absolute Gasteiger partial charge is 0.291 e. The van der Waals surface area contributed by atoms with Gasteiger partial charge in [0, 0.05) is 29.7 Å². The number of benzene rings is 2. The molecule has 5 rings (SSSR count). The van der Waals surface area contributed by atoms with Crippen molar-refractivity contribution in [2.45, 2.75) is 6.61 Å². The number of non-ortho nitro benzene ring substituents is 1. The SMILES string of the molecule is O=c1/c(=C/c2cccn2-c2ccc([N+](=O)[O-])cc2)sc2nc(COc3ccccc3)nn12. The molecule has 0 N–H and O–H groups in total. The van der Waals surface area contributed by atoms with Gasteiger partial charge >= 0.3 is 0 Å². The first-order valence-electron chi connectivity index (χ1n) is 9.59. The summed E-state index contributed by atoms with van der Waals surface area (Å²) in [6.45, 7) is 0.167. The van der Waals surface area contributed by atoms with E-state index in [0.29, 0.717) is 21.1 Å². The van der Waals surface area contributed by atoms with Crippen LogP contribution in [-0.4, -0.2) is 24.1 Å². The molecule has 0 spiro atoms. The number of rotatable bonds is 6. The quantitative estimate of drug-likeness (QED) is 0.294. The van der Waals surface area contributed by atoms with E-state index in [9.17, 15) is 14.9 Å². The van der Waals surface area contributed by atoms with Gasteiger partial charge in [0.15, 0.2) is 5.82 Å². The lowest BCUT2D eigenvalue weighted by Gasteiger charge is -2.05. The van der Waals surface area contributed by atoms with Crippen LogP contribution in [0.15, 0.2) is 77.7 Å². The molecule has 0 aliphatic heterocycles. The van der Waals surface area contributed by atoms with Gasteiger partial charge in [-0.05, 0) is 42.5 Å². The number of aromatic nitrogens is 4. The van der Waals surface area contributed by atoms with E-state index in [-0.39, 0.29) is 17.9 Å². The third kappa shape index (κ3) is 3.74. The van der Waals surface area contributed by atoms with Crippen LogP contribution in [0.1, 0.15) is 11.5 Å². The third-order valence-electron chi connectivity index (χ3n) is 4.73. The van der Waals surface area contributed by atoms with Crippen LogP contribution in [-0.2, 0) is 6.61 Å². The maximum Gasteiger partial charge on any atom is 0.291 e. The van der Waals surface area contributed by atoms with Gasteiger partial charge in [-0.2, -0.15) is 9.50 Å². The zero-order valence-corrected chi connectivity index (χ0v) is 17.3. The number of para-hydroxylation sites is 1. The zero-order valence-electron chi connectivity index (χ0n) is 16.5. The summed E-state index contributed by atoms with van der Waals surface area (Å²) < 4.78 is 9.25. The van der Waals surface area contributed by atoms with E-state index in [0.717, 1.165) is 11.4 Å². The standard InChI is InChI=1S/C22H15N5O4S/c28-21-19(13-17-5-4-12-25(17)15-8-10-16(11-9-15)27(29)30)32-22-23-20(24-26(21)22)14-31-18-6-2-1-3-7-18/h1-13H,14H2/b19-13-. The van der Waals surface area contributed by atoms with Gasteiger partial charge in [-0.3, -0.25) is 14.9 Å². The fourth-order valence-electron chi connectivity index (χ4n) is 3.22. The molecule has 158 valence electrons. The number of hydrogen-bond acceptors (Lipinski definition) is 7. The van der Waals surface area contributed by atoms with Gasteiger partial charge in [-0.15, -0.1) is 5.10 Å². The lowest BCUT2D eigenvalue weighted by Crippen LogP contribution is -2.24. The van der Waals surface area contributed by atoms with E-state index in [1.807, 2.05) is 53.2 Å². The molecule has 0 fully saturated rings. The molecule has 0 aliphatic rings. The summed E-state index contributed by atoms with van der Waals surface area (Å²) in [5.41, 5.74) is 1.26. The number of nitro groups is 1. The van der Waals surface area contributed by atoms with Gasteiger partial charge in [0.25, 0.3) is 11.2 Å². The van der Waals surface area contributed by atoms with E-state index in [4.69, 9.17) is 4.74 Å². The van der Waals surface area contributed by atoms with Crippen molar-refractivity contribution in [1.82, 2.24) is 19.2 Å². The largest absolute Gasteiger partial charge is 0.486 e. The maximum absolute atomic E-state index is 12.8. The summed E-state index contributed by atoms with van der Waals surface area (Å²) in [7, 11) is 0. The van der Waals surface area contributed by atoms with Crippen LogP contribution in [0, 0.1) is 10.1 Å². The highest BCUT2D eigenvalue weighted by molar-refractivity contribution is 7.15. The zero-order chi connectivity index (χ0) is 22.1. The predicted molar refractivity (Wildman–Crippen MR) is 119 cm³/mol. The molecule has 0 bridgehead atoms. The third-order valence-corrected chi connectivity index (χ3v) is 5.69. The van der Waals surface area contributed by atoms with Crippen molar-refractivity contribution < 1.29 is 9.66 Å². The molecule has 0 unspecified atom stereocenters. The highest BCUT2D eigenvalue weighted by Gasteiger charge is 2.12. The molecule has 3 heterocycles. The molecule has 0 saturated carbocycles. The second-order valence-electron chi connectivity index (χ2n) is 6.82. The molecule has 0 radical (unpaired) electrons. The molecule has 0 aliphatic carbocycles. The van der Waals surface area contributed by atoms with Gasteiger partial charge < -0.3 is 9.30 Å². The summed E-state index contributed by atoms with van der Waals surface area (Å²) in [6.07, 6.45) is 3.58. The number of thiazole rings is 1. The highest BCUT2D eigenvalue weighted by Crippen LogP contribution is 2.18. The topological polar surface area (TPSA) is 105 Å². The average Bonchev–Trinajstić information content (AvgIpc) is 3.50. The van der Waals surface area contributed by atoms with Crippen molar-refractivity contribution in [3.8, 4) is 11.4 Å². The Hall–Kier alpha value is -4.31. The Morgan fingerprint density at radius 3 is 2.56 bits per heavy atom. The lowest BCUT2D eigenvalue weighted by atomic mass is 10.2. The molecule has 2 aromatic carbocycles. The van der Waals surface area contributed by atoms with Crippen LogP contribution in [0.2, 0.25) is 0 Å². The van der Waals surface area contributed by atoms with Crippen molar-refractivity contribution in [2.24, 2.45) is 0 Å². The van der Waals surface area contributed by atoms with Gasteiger partial charge in [0.2, 0.25) is 4.96 Å². The first-order chi connectivity index (χ1) is 15.6.